The molecule has 1 aromatic heterocycles. The summed E-state index contributed by atoms with van der Waals surface area (Å²) in [4.78, 5) is 6.81. The number of rotatable bonds is 5. The summed E-state index contributed by atoms with van der Waals surface area (Å²) in [6.45, 7) is 8.09. The summed E-state index contributed by atoms with van der Waals surface area (Å²) in [5.74, 6) is 2.84. The van der Waals surface area contributed by atoms with Gasteiger partial charge in [0.2, 0.25) is 5.89 Å². The highest BCUT2D eigenvalue weighted by Gasteiger charge is 2.20. The molecule has 2 rings (SSSR count). The van der Waals surface area contributed by atoms with Crippen molar-refractivity contribution < 1.29 is 4.52 Å². The molecule has 102 valence electrons. The van der Waals surface area contributed by atoms with Crippen LogP contribution in [0.1, 0.15) is 38.4 Å². The van der Waals surface area contributed by atoms with E-state index in [0.29, 0.717) is 11.8 Å². The van der Waals surface area contributed by atoms with E-state index in [1.807, 2.05) is 0 Å². The summed E-state index contributed by atoms with van der Waals surface area (Å²) in [5, 5.41) is 4.02. The second-order valence-corrected chi connectivity index (χ2v) is 5.66. The lowest BCUT2D eigenvalue weighted by atomic mass is 9.97. The molecular weight excluding hydrogens is 228 g/mol. The molecule has 5 nitrogen and oxygen atoms in total. The van der Waals surface area contributed by atoms with Crippen molar-refractivity contribution in [3.8, 4) is 0 Å². The number of aromatic nitrogens is 2. The zero-order valence-corrected chi connectivity index (χ0v) is 11.4. The molecule has 1 aromatic rings. The van der Waals surface area contributed by atoms with Crippen LogP contribution in [0, 0.1) is 11.8 Å². The van der Waals surface area contributed by atoms with Crippen LogP contribution in [0.5, 0.6) is 0 Å². The number of piperidine rings is 1. The third-order valence-electron chi connectivity index (χ3n) is 3.50. The molecular formula is C13H24N4O. The lowest BCUT2D eigenvalue weighted by Crippen LogP contribution is -2.35. The van der Waals surface area contributed by atoms with Crippen LogP contribution in [0.15, 0.2) is 4.52 Å². The largest absolute Gasteiger partial charge is 0.338 e. The zero-order valence-electron chi connectivity index (χ0n) is 11.4. The van der Waals surface area contributed by atoms with Crippen molar-refractivity contribution in [2.24, 2.45) is 17.6 Å². The lowest BCUT2D eigenvalue weighted by molar-refractivity contribution is 0.161. The first-order valence-electron chi connectivity index (χ1n) is 6.91. The van der Waals surface area contributed by atoms with Crippen LogP contribution in [0.25, 0.3) is 0 Å². The Balaban J connectivity index is 1.81. The fourth-order valence-electron chi connectivity index (χ4n) is 2.37. The van der Waals surface area contributed by atoms with Crippen LogP contribution in [0.3, 0.4) is 0 Å². The van der Waals surface area contributed by atoms with Gasteiger partial charge in [-0.2, -0.15) is 4.98 Å². The monoisotopic (exact) mass is 252 g/mol. The standard InChI is InChI=1S/C13H24N4O/c1-10(2)7-12-15-13(18-16-12)9-17-5-3-11(8-14)4-6-17/h10-11H,3-9,14H2,1-2H3. The van der Waals surface area contributed by atoms with E-state index in [2.05, 4.69) is 28.9 Å². The molecule has 1 aliphatic heterocycles. The predicted molar refractivity (Wildman–Crippen MR) is 69.9 cm³/mol. The van der Waals surface area contributed by atoms with Crippen molar-refractivity contribution in [3.63, 3.8) is 0 Å². The minimum Gasteiger partial charge on any atom is -0.338 e. The van der Waals surface area contributed by atoms with E-state index in [1.54, 1.807) is 0 Å². The Morgan fingerprint density at radius 1 is 1.39 bits per heavy atom. The van der Waals surface area contributed by atoms with Gasteiger partial charge in [-0.15, -0.1) is 0 Å². The third kappa shape index (κ3) is 3.78. The first-order valence-corrected chi connectivity index (χ1v) is 6.91. The molecule has 0 bridgehead atoms. The van der Waals surface area contributed by atoms with Gasteiger partial charge < -0.3 is 10.3 Å². The quantitative estimate of drug-likeness (QED) is 0.858. The highest BCUT2D eigenvalue weighted by Crippen LogP contribution is 2.17. The van der Waals surface area contributed by atoms with E-state index in [4.69, 9.17) is 10.3 Å². The maximum Gasteiger partial charge on any atom is 0.240 e. The van der Waals surface area contributed by atoms with Crippen LogP contribution in [0.4, 0.5) is 0 Å². The van der Waals surface area contributed by atoms with Gasteiger partial charge in [-0.25, -0.2) is 0 Å². The number of hydrogen-bond acceptors (Lipinski definition) is 5. The smallest absolute Gasteiger partial charge is 0.240 e. The van der Waals surface area contributed by atoms with Gasteiger partial charge in [0.15, 0.2) is 5.82 Å². The molecule has 0 aromatic carbocycles. The van der Waals surface area contributed by atoms with Crippen molar-refractivity contribution in [2.75, 3.05) is 19.6 Å². The molecule has 1 aliphatic rings. The van der Waals surface area contributed by atoms with Crippen molar-refractivity contribution in [3.05, 3.63) is 11.7 Å². The van der Waals surface area contributed by atoms with Gasteiger partial charge >= 0.3 is 0 Å². The van der Waals surface area contributed by atoms with Crippen LogP contribution < -0.4 is 5.73 Å². The van der Waals surface area contributed by atoms with E-state index in [0.717, 1.165) is 44.3 Å². The molecule has 18 heavy (non-hydrogen) atoms. The molecule has 5 heteroatoms. The van der Waals surface area contributed by atoms with Crippen LogP contribution in [0.2, 0.25) is 0 Å². The molecule has 0 atom stereocenters. The summed E-state index contributed by atoms with van der Waals surface area (Å²) < 4.78 is 5.29. The van der Waals surface area contributed by atoms with Gasteiger partial charge in [0.1, 0.15) is 0 Å². The van der Waals surface area contributed by atoms with Crippen LogP contribution >= 0.6 is 0 Å². The van der Waals surface area contributed by atoms with Crippen molar-refractivity contribution in [1.29, 1.82) is 0 Å². The van der Waals surface area contributed by atoms with Gasteiger partial charge in [-0.1, -0.05) is 19.0 Å². The Labute approximate surface area is 109 Å². The number of hydrogen-bond donors (Lipinski definition) is 1. The average Bonchev–Trinajstić information content (AvgIpc) is 2.76. The lowest BCUT2D eigenvalue weighted by Gasteiger charge is -2.30. The first-order chi connectivity index (χ1) is 8.67. The number of likely N-dealkylation sites (tertiary alicyclic amines) is 1. The van der Waals surface area contributed by atoms with Gasteiger partial charge in [0.05, 0.1) is 6.54 Å². The topological polar surface area (TPSA) is 68.2 Å². The van der Waals surface area contributed by atoms with Crippen molar-refractivity contribution >= 4 is 0 Å². The highest BCUT2D eigenvalue weighted by molar-refractivity contribution is 4.88. The second-order valence-electron chi connectivity index (χ2n) is 5.66. The molecule has 0 amide bonds. The highest BCUT2D eigenvalue weighted by atomic mass is 16.5. The Morgan fingerprint density at radius 3 is 2.72 bits per heavy atom. The van der Waals surface area contributed by atoms with Gasteiger partial charge in [-0.05, 0) is 44.3 Å². The SMILES string of the molecule is CC(C)Cc1noc(CN2CCC(CN)CC2)n1. The Morgan fingerprint density at radius 2 is 2.11 bits per heavy atom. The predicted octanol–water partition coefficient (Wildman–Crippen LogP) is 1.44. The van der Waals surface area contributed by atoms with Crippen molar-refractivity contribution in [2.45, 2.75) is 39.7 Å². The molecule has 0 unspecified atom stereocenters. The number of nitrogens with zero attached hydrogens (tertiary/aromatic N) is 3. The minimum absolute atomic E-state index is 0.566. The van der Waals surface area contributed by atoms with E-state index in [1.165, 1.54) is 12.8 Å². The summed E-state index contributed by atoms with van der Waals surface area (Å²) in [7, 11) is 0. The maximum absolute atomic E-state index is 5.69. The molecule has 0 radical (unpaired) electrons. The fourth-order valence-corrected chi connectivity index (χ4v) is 2.37. The summed E-state index contributed by atoms with van der Waals surface area (Å²) >= 11 is 0. The van der Waals surface area contributed by atoms with Gasteiger partial charge in [0.25, 0.3) is 0 Å². The minimum atomic E-state index is 0.566. The van der Waals surface area contributed by atoms with Gasteiger partial charge in [0, 0.05) is 6.42 Å². The molecule has 0 spiro atoms. The second kappa shape index (κ2) is 6.29. The first kappa shape index (κ1) is 13.5. The molecule has 1 fully saturated rings. The normalized spacial score (nSPS) is 18.7. The third-order valence-corrected chi connectivity index (χ3v) is 3.50. The summed E-state index contributed by atoms with van der Waals surface area (Å²) in [6.07, 6.45) is 3.26. The van der Waals surface area contributed by atoms with Crippen molar-refractivity contribution in [1.82, 2.24) is 15.0 Å². The molecule has 2 N–H and O–H groups in total. The maximum atomic E-state index is 5.69. The number of nitrogens with two attached hydrogens (primary N) is 1. The van der Waals surface area contributed by atoms with Crippen LogP contribution in [-0.2, 0) is 13.0 Å². The summed E-state index contributed by atoms with van der Waals surface area (Å²) in [5.41, 5.74) is 5.69. The van der Waals surface area contributed by atoms with Gasteiger partial charge in [-0.3, -0.25) is 4.90 Å². The zero-order chi connectivity index (χ0) is 13.0. The van der Waals surface area contributed by atoms with Crippen LogP contribution in [-0.4, -0.2) is 34.7 Å². The Bertz CT molecular complexity index is 356. The van der Waals surface area contributed by atoms with E-state index < -0.39 is 0 Å². The van der Waals surface area contributed by atoms with E-state index in [9.17, 15) is 0 Å². The molecule has 2 heterocycles. The fraction of sp³-hybridized carbons (Fsp3) is 0.846. The molecule has 0 saturated carbocycles. The summed E-state index contributed by atoms with van der Waals surface area (Å²) in [6, 6.07) is 0. The van der Waals surface area contributed by atoms with E-state index >= 15 is 0 Å². The average molecular weight is 252 g/mol. The molecule has 0 aliphatic carbocycles. The van der Waals surface area contributed by atoms with E-state index in [-0.39, 0.29) is 0 Å². The Hall–Kier alpha value is -0.940. The molecule has 1 saturated heterocycles. The Kier molecular flexibility index (Phi) is 4.72.